The van der Waals surface area contributed by atoms with Gasteiger partial charge >= 0.3 is 0 Å². The largest absolute Gasteiger partial charge is 0.364 e. The van der Waals surface area contributed by atoms with E-state index in [-0.39, 0.29) is 36.2 Å². The fraction of sp³-hybridized carbons (Fsp3) is 0.292. The van der Waals surface area contributed by atoms with Crippen molar-refractivity contribution >= 4 is 33.2 Å². The highest BCUT2D eigenvalue weighted by Gasteiger charge is 2.23. The van der Waals surface area contributed by atoms with E-state index in [9.17, 15) is 13.6 Å². The first kappa shape index (κ1) is 23.6. The van der Waals surface area contributed by atoms with Crippen molar-refractivity contribution in [2.24, 2.45) is 0 Å². The average Bonchev–Trinajstić information content (AvgIpc) is 3.31. The lowest BCUT2D eigenvalue weighted by Crippen LogP contribution is -2.34. The second-order valence-electron chi connectivity index (χ2n) is 9.03. The molecule has 1 amide bonds. The number of benzene rings is 2. The number of hydrogen-bond acceptors (Lipinski definition) is 6. The molecule has 34 heavy (non-hydrogen) atoms. The van der Waals surface area contributed by atoms with Gasteiger partial charge in [-0.15, -0.1) is 5.10 Å². The van der Waals surface area contributed by atoms with Crippen molar-refractivity contribution < 1.29 is 13.6 Å². The third-order valence-electron chi connectivity index (χ3n) is 4.89. The maximum atomic E-state index is 13.4. The monoisotopic (exact) mass is 484 g/mol. The van der Waals surface area contributed by atoms with Gasteiger partial charge in [-0.1, -0.05) is 23.5 Å². The highest BCUT2D eigenvalue weighted by Crippen LogP contribution is 2.34. The molecule has 0 unspecified atom stereocenters. The van der Waals surface area contributed by atoms with Gasteiger partial charge in [0, 0.05) is 24.7 Å². The molecule has 0 aliphatic heterocycles. The fourth-order valence-electron chi connectivity index (χ4n) is 3.36. The zero-order chi connectivity index (χ0) is 24.5. The highest BCUT2D eigenvalue weighted by atomic mass is 32.1. The number of nitrogens with zero attached hydrogens (tertiary/aromatic N) is 4. The molecule has 178 valence electrons. The van der Waals surface area contributed by atoms with Crippen LogP contribution in [0.15, 0.2) is 48.5 Å². The number of aromatic nitrogens is 3. The first-order valence-corrected chi connectivity index (χ1v) is 11.6. The van der Waals surface area contributed by atoms with Crippen molar-refractivity contribution in [2.45, 2.75) is 32.9 Å². The van der Waals surface area contributed by atoms with Crippen LogP contribution in [0, 0.1) is 11.6 Å². The van der Waals surface area contributed by atoms with E-state index >= 15 is 0 Å². The molecule has 2 aromatic carbocycles. The number of carbonyl (C=O) groups is 1. The molecule has 7 nitrogen and oxygen atoms in total. The minimum Gasteiger partial charge on any atom is -0.364 e. The van der Waals surface area contributed by atoms with Gasteiger partial charge in [0.25, 0.3) is 0 Å². The first-order chi connectivity index (χ1) is 16.1. The predicted molar refractivity (Wildman–Crippen MR) is 131 cm³/mol. The standard InChI is InChI=1S/C24H26F2N6OS/c1-24(2,3)29-21-20(16-8-10-17(25)11-9-16)28-22-32(21)30-23(34-22)31(4)14-19(33)27-13-15-6-5-7-18(26)12-15/h5-12,29H,13-14H2,1-4H3,(H,27,33). The van der Waals surface area contributed by atoms with E-state index in [4.69, 9.17) is 4.98 Å². The number of amides is 1. The summed E-state index contributed by atoms with van der Waals surface area (Å²) >= 11 is 1.35. The Morgan fingerprint density at radius 3 is 2.53 bits per heavy atom. The van der Waals surface area contributed by atoms with Crippen molar-refractivity contribution in [3.63, 3.8) is 0 Å². The molecule has 2 heterocycles. The fourth-order valence-corrected chi connectivity index (χ4v) is 4.22. The zero-order valence-electron chi connectivity index (χ0n) is 19.4. The lowest BCUT2D eigenvalue weighted by Gasteiger charge is -2.22. The van der Waals surface area contributed by atoms with Crippen molar-refractivity contribution in [1.82, 2.24) is 19.9 Å². The van der Waals surface area contributed by atoms with Crippen LogP contribution in [0.1, 0.15) is 26.3 Å². The third kappa shape index (κ3) is 5.51. The number of nitrogens with one attached hydrogen (secondary N) is 2. The molecule has 0 saturated heterocycles. The minimum absolute atomic E-state index is 0.0822. The van der Waals surface area contributed by atoms with Crippen LogP contribution >= 0.6 is 11.3 Å². The number of likely N-dealkylation sites (N-methyl/N-ethyl adjacent to an activating group) is 1. The third-order valence-corrected chi connectivity index (χ3v) is 5.91. The molecule has 0 atom stereocenters. The number of rotatable bonds is 7. The van der Waals surface area contributed by atoms with Gasteiger partial charge in [-0.2, -0.15) is 4.52 Å². The molecule has 0 saturated carbocycles. The Morgan fingerprint density at radius 1 is 1.12 bits per heavy atom. The van der Waals surface area contributed by atoms with Crippen LogP contribution in [-0.2, 0) is 11.3 Å². The van der Waals surface area contributed by atoms with Gasteiger partial charge < -0.3 is 15.5 Å². The molecule has 4 rings (SSSR count). The Morgan fingerprint density at radius 2 is 1.85 bits per heavy atom. The van der Waals surface area contributed by atoms with Gasteiger partial charge in [-0.05, 0) is 62.7 Å². The molecule has 2 N–H and O–H groups in total. The van der Waals surface area contributed by atoms with Crippen LogP contribution in [0.3, 0.4) is 0 Å². The molecule has 4 aromatic rings. The van der Waals surface area contributed by atoms with E-state index in [2.05, 4.69) is 15.7 Å². The SMILES string of the molecule is CN(CC(=O)NCc1cccc(F)c1)c1nn2c(NC(C)(C)C)c(-c3ccc(F)cc3)nc2s1. The van der Waals surface area contributed by atoms with Gasteiger partial charge in [-0.25, -0.2) is 13.8 Å². The quantitative estimate of drug-likeness (QED) is 0.398. The van der Waals surface area contributed by atoms with E-state index in [0.29, 0.717) is 27.2 Å². The zero-order valence-corrected chi connectivity index (χ0v) is 20.2. The summed E-state index contributed by atoms with van der Waals surface area (Å²) in [5.41, 5.74) is 1.88. The second-order valence-corrected chi connectivity index (χ2v) is 9.97. The van der Waals surface area contributed by atoms with Crippen LogP contribution < -0.4 is 15.5 Å². The number of hydrogen-bond donors (Lipinski definition) is 2. The average molecular weight is 485 g/mol. The second kappa shape index (κ2) is 9.38. The molecule has 0 spiro atoms. The van der Waals surface area contributed by atoms with Gasteiger partial charge in [-0.3, -0.25) is 4.79 Å². The summed E-state index contributed by atoms with van der Waals surface area (Å²) in [6, 6.07) is 12.3. The van der Waals surface area contributed by atoms with Gasteiger partial charge in [0.15, 0.2) is 5.82 Å². The van der Waals surface area contributed by atoms with Gasteiger partial charge in [0.2, 0.25) is 16.0 Å². The van der Waals surface area contributed by atoms with E-state index in [0.717, 1.165) is 5.56 Å². The van der Waals surface area contributed by atoms with Crippen LogP contribution in [-0.4, -0.2) is 39.6 Å². The van der Waals surface area contributed by atoms with Crippen molar-refractivity contribution in [1.29, 1.82) is 0 Å². The van der Waals surface area contributed by atoms with Gasteiger partial charge in [0.05, 0.1) is 6.54 Å². The highest BCUT2D eigenvalue weighted by molar-refractivity contribution is 7.20. The molecule has 10 heteroatoms. The van der Waals surface area contributed by atoms with E-state index in [1.165, 1.54) is 35.6 Å². The molecule has 0 bridgehead atoms. The molecule has 0 aliphatic carbocycles. The molecule has 0 aliphatic rings. The number of halogens is 2. The number of anilines is 2. The van der Waals surface area contributed by atoms with Crippen LogP contribution in [0.5, 0.6) is 0 Å². The normalized spacial score (nSPS) is 11.6. The van der Waals surface area contributed by atoms with Crippen molar-refractivity contribution in [3.05, 3.63) is 65.7 Å². The predicted octanol–water partition coefficient (Wildman–Crippen LogP) is 4.70. The van der Waals surface area contributed by atoms with Crippen LogP contribution in [0.2, 0.25) is 0 Å². The molecular weight excluding hydrogens is 458 g/mol. The molecular formula is C24H26F2N6OS. The Balaban J connectivity index is 1.54. The summed E-state index contributed by atoms with van der Waals surface area (Å²) in [4.78, 5) is 19.5. The summed E-state index contributed by atoms with van der Waals surface area (Å²) in [5.74, 6) is -0.164. The number of carbonyl (C=O) groups excluding carboxylic acids is 1. The summed E-state index contributed by atoms with van der Waals surface area (Å²) in [6.45, 7) is 6.42. The van der Waals surface area contributed by atoms with Crippen molar-refractivity contribution in [3.8, 4) is 11.3 Å². The summed E-state index contributed by atoms with van der Waals surface area (Å²) < 4.78 is 28.5. The van der Waals surface area contributed by atoms with E-state index in [1.807, 2.05) is 20.8 Å². The summed E-state index contributed by atoms with van der Waals surface area (Å²) in [5, 5.41) is 11.5. The van der Waals surface area contributed by atoms with Gasteiger partial charge in [0.1, 0.15) is 17.3 Å². The van der Waals surface area contributed by atoms with Crippen LogP contribution in [0.25, 0.3) is 16.2 Å². The first-order valence-electron chi connectivity index (χ1n) is 10.7. The lowest BCUT2D eigenvalue weighted by atomic mass is 10.1. The Hall–Kier alpha value is -3.53. The maximum Gasteiger partial charge on any atom is 0.239 e. The number of imidazole rings is 1. The Labute approximate surface area is 200 Å². The minimum atomic E-state index is -0.338. The summed E-state index contributed by atoms with van der Waals surface area (Å²) in [6.07, 6.45) is 0. The Bertz CT molecular complexity index is 1310. The molecule has 0 fully saturated rings. The molecule has 2 aromatic heterocycles. The smallest absolute Gasteiger partial charge is 0.239 e. The summed E-state index contributed by atoms with van der Waals surface area (Å²) in [7, 11) is 1.78. The topological polar surface area (TPSA) is 74.6 Å². The van der Waals surface area contributed by atoms with Crippen LogP contribution in [0.4, 0.5) is 19.7 Å². The number of fused-ring (bicyclic) bond motifs is 1. The van der Waals surface area contributed by atoms with E-state index in [1.54, 1.807) is 40.7 Å². The van der Waals surface area contributed by atoms with E-state index < -0.39 is 0 Å². The molecule has 0 radical (unpaired) electrons. The Kier molecular flexibility index (Phi) is 6.52. The van der Waals surface area contributed by atoms with Crippen molar-refractivity contribution in [2.75, 3.05) is 23.8 Å². The lowest BCUT2D eigenvalue weighted by molar-refractivity contribution is -0.119. The maximum absolute atomic E-state index is 13.4.